The SMILES string of the molecule is CCOc1ccc(N2C(=O)C3C(c4ccccc4Cl)NN(C(=O)c4cccc(Br)c4)C3C2=O)cc1. The van der Waals surface area contributed by atoms with Gasteiger partial charge >= 0.3 is 0 Å². The molecule has 0 aromatic heterocycles. The van der Waals surface area contributed by atoms with Gasteiger partial charge in [0.25, 0.3) is 11.8 Å². The normalized spacial score (nSPS) is 21.4. The van der Waals surface area contributed by atoms with Gasteiger partial charge in [0, 0.05) is 15.1 Å². The average Bonchev–Trinajstić information content (AvgIpc) is 3.36. The van der Waals surface area contributed by atoms with E-state index in [1.165, 1.54) is 5.01 Å². The summed E-state index contributed by atoms with van der Waals surface area (Å²) in [6.45, 7) is 2.38. The number of carbonyl (C=O) groups is 3. The van der Waals surface area contributed by atoms with Crippen molar-refractivity contribution in [3.8, 4) is 5.75 Å². The number of fused-ring (bicyclic) bond motifs is 1. The van der Waals surface area contributed by atoms with Crippen LogP contribution in [0.4, 0.5) is 5.69 Å². The summed E-state index contributed by atoms with van der Waals surface area (Å²) >= 11 is 9.85. The number of hydrogen-bond donors (Lipinski definition) is 1. The second kappa shape index (κ2) is 9.45. The number of ether oxygens (including phenoxy) is 1. The number of amides is 3. The maximum Gasteiger partial charge on any atom is 0.268 e. The number of nitrogens with one attached hydrogen (secondary N) is 1. The molecule has 2 heterocycles. The minimum Gasteiger partial charge on any atom is -0.494 e. The van der Waals surface area contributed by atoms with E-state index in [2.05, 4.69) is 21.4 Å². The molecule has 35 heavy (non-hydrogen) atoms. The molecule has 2 saturated heterocycles. The molecule has 0 saturated carbocycles. The van der Waals surface area contributed by atoms with Crippen molar-refractivity contribution >= 4 is 50.9 Å². The van der Waals surface area contributed by atoms with E-state index < -0.39 is 35.7 Å². The molecular weight excluding hydrogens is 534 g/mol. The Morgan fingerprint density at radius 1 is 1.03 bits per heavy atom. The van der Waals surface area contributed by atoms with Gasteiger partial charge in [-0.05, 0) is 61.0 Å². The smallest absolute Gasteiger partial charge is 0.268 e. The lowest BCUT2D eigenvalue weighted by Gasteiger charge is -2.25. The minimum absolute atomic E-state index is 0.380. The molecule has 0 spiro atoms. The number of nitrogens with zero attached hydrogens (tertiary/aromatic N) is 2. The third kappa shape index (κ3) is 4.11. The van der Waals surface area contributed by atoms with Gasteiger partial charge in [0.2, 0.25) is 5.91 Å². The molecule has 178 valence electrons. The van der Waals surface area contributed by atoms with E-state index >= 15 is 0 Å². The number of halogens is 2. The number of anilines is 1. The van der Waals surface area contributed by atoms with Gasteiger partial charge in [-0.25, -0.2) is 10.3 Å². The quantitative estimate of drug-likeness (QED) is 0.460. The highest BCUT2D eigenvalue weighted by Crippen LogP contribution is 2.44. The monoisotopic (exact) mass is 553 g/mol. The van der Waals surface area contributed by atoms with Crippen LogP contribution in [0.15, 0.2) is 77.3 Å². The molecular formula is C26H21BrClN3O4. The van der Waals surface area contributed by atoms with Crippen molar-refractivity contribution in [3.05, 3.63) is 93.4 Å². The summed E-state index contributed by atoms with van der Waals surface area (Å²) in [4.78, 5) is 42.1. The Bertz CT molecular complexity index is 1320. The first kappa shape index (κ1) is 23.5. The van der Waals surface area contributed by atoms with E-state index in [1.807, 2.05) is 13.0 Å². The van der Waals surface area contributed by atoms with Crippen LogP contribution in [0.3, 0.4) is 0 Å². The number of carbonyl (C=O) groups excluding carboxylic acids is 3. The molecule has 9 heteroatoms. The van der Waals surface area contributed by atoms with Gasteiger partial charge in [0.15, 0.2) is 0 Å². The standard InChI is InChI=1S/C26H21BrClN3O4/c1-2-35-18-12-10-17(11-13-18)30-25(33)21-22(19-8-3-4-9-20(19)28)29-31(23(21)26(30)34)24(32)15-6-5-7-16(27)14-15/h3-14,21-23,29H,2H2,1H3. The van der Waals surface area contributed by atoms with Crippen LogP contribution in [0.5, 0.6) is 5.75 Å². The van der Waals surface area contributed by atoms with E-state index in [0.29, 0.717) is 34.2 Å². The zero-order valence-electron chi connectivity index (χ0n) is 18.7. The molecule has 3 amide bonds. The number of hydrazine groups is 1. The zero-order valence-corrected chi connectivity index (χ0v) is 21.0. The molecule has 7 nitrogen and oxygen atoms in total. The van der Waals surface area contributed by atoms with Crippen LogP contribution >= 0.6 is 27.5 Å². The van der Waals surface area contributed by atoms with Crippen molar-refractivity contribution in [2.45, 2.75) is 19.0 Å². The molecule has 2 fully saturated rings. The fraction of sp³-hybridized carbons (Fsp3) is 0.192. The maximum absolute atomic E-state index is 13.7. The Balaban J connectivity index is 1.56. The fourth-order valence-corrected chi connectivity index (χ4v) is 5.29. The second-order valence-electron chi connectivity index (χ2n) is 8.22. The summed E-state index contributed by atoms with van der Waals surface area (Å²) in [6.07, 6.45) is 0. The van der Waals surface area contributed by atoms with Crippen LogP contribution in [0.2, 0.25) is 5.02 Å². The summed E-state index contributed by atoms with van der Waals surface area (Å²) in [5.41, 5.74) is 4.57. The summed E-state index contributed by atoms with van der Waals surface area (Å²) < 4.78 is 6.21. The number of rotatable bonds is 5. The predicted molar refractivity (Wildman–Crippen MR) is 135 cm³/mol. The van der Waals surface area contributed by atoms with Crippen LogP contribution in [0.25, 0.3) is 0 Å². The van der Waals surface area contributed by atoms with Crippen LogP contribution in [-0.4, -0.2) is 35.4 Å². The lowest BCUT2D eigenvalue weighted by molar-refractivity contribution is -0.123. The molecule has 3 atom stereocenters. The van der Waals surface area contributed by atoms with Crippen LogP contribution < -0.4 is 15.1 Å². The first-order chi connectivity index (χ1) is 16.9. The third-order valence-electron chi connectivity index (χ3n) is 6.17. The largest absolute Gasteiger partial charge is 0.494 e. The highest BCUT2D eigenvalue weighted by molar-refractivity contribution is 9.10. The van der Waals surface area contributed by atoms with E-state index in [9.17, 15) is 14.4 Å². The van der Waals surface area contributed by atoms with Crippen molar-refractivity contribution in [3.63, 3.8) is 0 Å². The predicted octanol–water partition coefficient (Wildman–Crippen LogP) is 4.76. The molecule has 0 aliphatic carbocycles. The van der Waals surface area contributed by atoms with Gasteiger partial charge < -0.3 is 4.74 Å². The topological polar surface area (TPSA) is 79.0 Å². The lowest BCUT2D eigenvalue weighted by atomic mass is 9.91. The molecule has 3 unspecified atom stereocenters. The molecule has 3 aromatic rings. The zero-order chi connectivity index (χ0) is 24.7. The van der Waals surface area contributed by atoms with Gasteiger partial charge in [-0.2, -0.15) is 0 Å². The van der Waals surface area contributed by atoms with Gasteiger partial charge in [-0.15, -0.1) is 0 Å². The molecule has 0 radical (unpaired) electrons. The van der Waals surface area contributed by atoms with Gasteiger partial charge in [0.1, 0.15) is 11.8 Å². The van der Waals surface area contributed by atoms with Gasteiger partial charge in [0.05, 0.1) is 24.3 Å². The van der Waals surface area contributed by atoms with E-state index in [1.54, 1.807) is 66.7 Å². The van der Waals surface area contributed by atoms with Crippen molar-refractivity contribution in [1.82, 2.24) is 10.4 Å². The highest BCUT2D eigenvalue weighted by atomic mass is 79.9. The molecule has 3 aromatic carbocycles. The van der Waals surface area contributed by atoms with Crippen molar-refractivity contribution in [2.24, 2.45) is 5.92 Å². The van der Waals surface area contributed by atoms with Crippen LogP contribution in [-0.2, 0) is 9.59 Å². The Hall–Kier alpha value is -3.20. The summed E-state index contributed by atoms with van der Waals surface area (Å²) in [6, 6.07) is 19.1. The fourth-order valence-electron chi connectivity index (χ4n) is 4.63. The first-order valence-corrected chi connectivity index (χ1v) is 12.3. The third-order valence-corrected chi connectivity index (χ3v) is 7.01. The number of imide groups is 1. The molecule has 2 aliphatic rings. The number of hydrogen-bond acceptors (Lipinski definition) is 5. The Labute approximate surface area is 215 Å². The lowest BCUT2D eigenvalue weighted by Crippen LogP contribution is -2.48. The molecule has 1 N–H and O–H groups in total. The number of benzene rings is 3. The Morgan fingerprint density at radius 3 is 2.46 bits per heavy atom. The first-order valence-electron chi connectivity index (χ1n) is 11.1. The van der Waals surface area contributed by atoms with Crippen LogP contribution in [0.1, 0.15) is 28.9 Å². The highest BCUT2D eigenvalue weighted by Gasteiger charge is 2.60. The van der Waals surface area contributed by atoms with Crippen molar-refractivity contribution in [2.75, 3.05) is 11.5 Å². The summed E-state index contributed by atoms with van der Waals surface area (Å²) in [5, 5.41) is 1.72. The Kier molecular flexibility index (Phi) is 6.35. The maximum atomic E-state index is 13.7. The molecule has 5 rings (SSSR count). The van der Waals surface area contributed by atoms with Crippen molar-refractivity contribution < 1.29 is 19.1 Å². The summed E-state index contributed by atoms with van der Waals surface area (Å²) in [7, 11) is 0. The Morgan fingerprint density at radius 2 is 1.77 bits per heavy atom. The van der Waals surface area contributed by atoms with Gasteiger partial charge in [-0.1, -0.05) is 51.8 Å². The average molecular weight is 555 g/mol. The van der Waals surface area contributed by atoms with E-state index in [0.717, 1.165) is 9.37 Å². The van der Waals surface area contributed by atoms with Crippen molar-refractivity contribution in [1.29, 1.82) is 0 Å². The van der Waals surface area contributed by atoms with Crippen LogP contribution in [0, 0.1) is 5.92 Å². The van der Waals surface area contributed by atoms with E-state index in [-0.39, 0.29) is 0 Å². The second-order valence-corrected chi connectivity index (χ2v) is 9.55. The van der Waals surface area contributed by atoms with Gasteiger partial charge in [-0.3, -0.25) is 19.4 Å². The molecule has 2 aliphatic heterocycles. The van der Waals surface area contributed by atoms with E-state index in [4.69, 9.17) is 16.3 Å². The minimum atomic E-state index is -1.03. The summed E-state index contributed by atoms with van der Waals surface area (Å²) in [5.74, 6) is -1.49. The molecule has 0 bridgehead atoms.